The van der Waals surface area contributed by atoms with E-state index in [1.54, 1.807) is 23.8 Å². The smallest absolute Gasteiger partial charge is 0.276 e. The Kier molecular flexibility index (Phi) is 4.57. The zero-order valence-corrected chi connectivity index (χ0v) is 16.3. The van der Waals surface area contributed by atoms with Gasteiger partial charge in [0.25, 0.3) is 5.91 Å². The average molecular weight is 403 g/mol. The molecule has 4 heterocycles. The van der Waals surface area contributed by atoms with Crippen molar-refractivity contribution in [3.63, 3.8) is 0 Å². The summed E-state index contributed by atoms with van der Waals surface area (Å²) in [6.07, 6.45) is 5.51. The van der Waals surface area contributed by atoms with Crippen molar-refractivity contribution in [3.05, 3.63) is 53.8 Å². The molecular weight excluding hydrogens is 386 g/mol. The number of para-hydroxylation sites is 2. The van der Waals surface area contributed by atoms with Gasteiger partial charge in [-0.15, -0.1) is 11.3 Å². The van der Waals surface area contributed by atoms with Gasteiger partial charge >= 0.3 is 0 Å². The fraction of sp³-hybridized carbons (Fsp3) is 0.200. The molecule has 1 fully saturated rings. The van der Waals surface area contributed by atoms with Crippen molar-refractivity contribution >= 4 is 39.9 Å². The van der Waals surface area contributed by atoms with E-state index in [4.69, 9.17) is 4.98 Å². The van der Waals surface area contributed by atoms with Crippen LogP contribution in [-0.4, -0.2) is 43.9 Å². The number of anilines is 2. The summed E-state index contributed by atoms with van der Waals surface area (Å²) in [6.45, 7) is 1.81. The predicted octanol–water partition coefficient (Wildman–Crippen LogP) is 3.40. The second-order valence-corrected chi connectivity index (χ2v) is 7.50. The number of aromatic nitrogens is 5. The van der Waals surface area contributed by atoms with Crippen LogP contribution in [0.1, 0.15) is 23.3 Å². The summed E-state index contributed by atoms with van der Waals surface area (Å²) in [4.78, 5) is 37.2. The molecule has 8 nitrogen and oxygen atoms in total. The van der Waals surface area contributed by atoms with Crippen LogP contribution < -0.4 is 10.2 Å². The van der Waals surface area contributed by atoms with Crippen molar-refractivity contribution in [2.24, 2.45) is 0 Å². The number of amides is 1. The number of benzene rings is 1. The standard InChI is InChI=1S/C20H17N7OS/c28-19(15-12-29-20(25-15)17-21-8-5-9-22-17)26-16-18(27-10-3-4-11-27)24-14-7-2-1-6-13(14)23-16/h1-2,5-9,12H,3-4,10-11H2,(H,23,26,28). The van der Waals surface area contributed by atoms with E-state index in [1.807, 2.05) is 24.3 Å². The normalized spacial score (nSPS) is 13.7. The van der Waals surface area contributed by atoms with E-state index in [0.717, 1.165) is 37.0 Å². The summed E-state index contributed by atoms with van der Waals surface area (Å²) >= 11 is 1.33. The van der Waals surface area contributed by atoms with Crippen LogP contribution in [0.4, 0.5) is 11.6 Å². The van der Waals surface area contributed by atoms with Gasteiger partial charge in [0, 0.05) is 30.9 Å². The lowest BCUT2D eigenvalue weighted by Gasteiger charge is -2.20. The highest BCUT2D eigenvalue weighted by atomic mass is 32.1. The number of fused-ring (bicyclic) bond motifs is 1. The van der Waals surface area contributed by atoms with Crippen LogP contribution in [0.15, 0.2) is 48.1 Å². The van der Waals surface area contributed by atoms with Gasteiger partial charge in [-0.2, -0.15) is 0 Å². The molecular formula is C20H17N7OS. The third kappa shape index (κ3) is 3.52. The first-order valence-electron chi connectivity index (χ1n) is 9.34. The van der Waals surface area contributed by atoms with Crippen molar-refractivity contribution in [1.82, 2.24) is 24.9 Å². The third-order valence-corrected chi connectivity index (χ3v) is 5.52. The summed E-state index contributed by atoms with van der Waals surface area (Å²) in [5, 5.41) is 5.21. The molecule has 4 aromatic rings. The van der Waals surface area contributed by atoms with Crippen LogP contribution in [0, 0.1) is 0 Å². The Morgan fingerprint density at radius 2 is 1.69 bits per heavy atom. The molecule has 9 heteroatoms. The molecule has 1 aliphatic rings. The summed E-state index contributed by atoms with van der Waals surface area (Å²) in [7, 11) is 0. The second-order valence-electron chi connectivity index (χ2n) is 6.64. The first-order chi connectivity index (χ1) is 14.3. The molecule has 1 aliphatic heterocycles. The molecule has 1 saturated heterocycles. The SMILES string of the molecule is O=C(Nc1nc2ccccc2nc1N1CCCC1)c1csc(-c2ncccn2)n1. The number of hydrogen-bond donors (Lipinski definition) is 1. The van der Waals surface area contributed by atoms with E-state index in [9.17, 15) is 4.79 Å². The highest BCUT2D eigenvalue weighted by molar-refractivity contribution is 7.13. The minimum Gasteiger partial charge on any atom is -0.354 e. The Balaban J connectivity index is 1.47. The van der Waals surface area contributed by atoms with Gasteiger partial charge in [-0.25, -0.2) is 24.9 Å². The molecule has 29 heavy (non-hydrogen) atoms. The number of rotatable bonds is 4. The predicted molar refractivity (Wildman–Crippen MR) is 112 cm³/mol. The van der Waals surface area contributed by atoms with E-state index in [-0.39, 0.29) is 5.91 Å². The topological polar surface area (TPSA) is 96.8 Å². The van der Waals surface area contributed by atoms with Crippen LogP contribution in [0.3, 0.4) is 0 Å². The first-order valence-corrected chi connectivity index (χ1v) is 10.2. The van der Waals surface area contributed by atoms with Crippen LogP contribution >= 0.6 is 11.3 Å². The maximum atomic E-state index is 12.9. The quantitative estimate of drug-likeness (QED) is 0.558. The zero-order valence-electron chi connectivity index (χ0n) is 15.4. The monoisotopic (exact) mass is 403 g/mol. The molecule has 1 amide bonds. The highest BCUT2D eigenvalue weighted by Crippen LogP contribution is 2.28. The molecule has 0 atom stereocenters. The summed E-state index contributed by atoms with van der Waals surface area (Å²) in [5.74, 6) is 1.34. The minimum absolute atomic E-state index is 0.305. The average Bonchev–Trinajstić information content (AvgIpc) is 3.46. The van der Waals surface area contributed by atoms with Crippen molar-refractivity contribution in [2.45, 2.75) is 12.8 Å². The van der Waals surface area contributed by atoms with E-state index < -0.39 is 0 Å². The van der Waals surface area contributed by atoms with Crippen molar-refractivity contribution in [3.8, 4) is 10.8 Å². The van der Waals surface area contributed by atoms with Gasteiger partial charge in [0.2, 0.25) is 0 Å². The summed E-state index contributed by atoms with van der Waals surface area (Å²) in [5.41, 5.74) is 1.85. The third-order valence-electron chi connectivity index (χ3n) is 4.68. The van der Waals surface area contributed by atoms with Crippen molar-refractivity contribution < 1.29 is 4.79 Å². The molecule has 0 radical (unpaired) electrons. The Morgan fingerprint density at radius 1 is 0.966 bits per heavy atom. The Hall–Kier alpha value is -3.46. The fourth-order valence-corrected chi connectivity index (χ4v) is 4.03. The molecule has 0 saturated carbocycles. The molecule has 0 bridgehead atoms. The zero-order chi connectivity index (χ0) is 19.6. The largest absolute Gasteiger partial charge is 0.354 e. The highest BCUT2D eigenvalue weighted by Gasteiger charge is 2.22. The van der Waals surface area contributed by atoms with Gasteiger partial charge in [0.1, 0.15) is 5.69 Å². The van der Waals surface area contributed by atoms with E-state index in [0.29, 0.717) is 28.2 Å². The number of nitrogens with zero attached hydrogens (tertiary/aromatic N) is 6. The van der Waals surface area contributed by atoms with Crippen molar-refractivity contribution in [2.75, 3.05) is 23.3 Å². The van der Waals surface area contributed by atoms with Crippen LogP contribution in [0.25, 0.3) is 21.9 Å². The lowest BCUT2D eigenvalue weighted by atomic mass is 10.3. The molecule has 0 spiro atoms. The van der Waals surface area contributed by atoms with Gasteiger partial charge in [-0.1, -0.05) is 12.1 Å². The van der Waals surface area contributed by atoms with Gasteiger partial charge in [0.05, 0.1) is 11.0 Å². The molecule has 144 valence electrons. The maximum absolute atomic E-state index is 12.9. The van der Waals surface area contributed by atoms with E-state index in [1.165, 1.54) is 11.3 Å². The molecule has 3 aromatic heterocycles. The Bertz CT molecular complexity index is 1170. The first kappa shape index (κ1) is 17.6. The lowest BCUT2D eigenvalue weighted by Crippen LogP contribution is -2.23. The van der Waals surface area contributed by atoms with Crippen molar-refractivity contribution in [1.29, 1.82) is 0 Å². The fourth-order valence-electron chi connectivity index (χ4n) is 3.29. The number of carbonyl (C=O) groups excluding carboxylic acids is 1. The van der Waals surface area contributed by atoms with E-state index >= 15 is 0 Å². The molecule has 1 N–H and O–H groups in total. The number of nitrogens with one attached hydrogen (secondary N) is 1. The Labute approximate surface area is 170 Å². The summed E-state index contributed by atoms with van der Waals surface area (Å²) < 4.78 is 0. The van der Waals surface area contributed by atoms with Gasteiger partial charge in [0.15, 0.2) is 22.5 Å². The molecule has 1 aromatic carbocycles. The molecule has 5 rings (SSSR count). The molecule has 0 aliphatic carbocycles. The number of carbonyl (C=O) groups is 1. The maximum Gasteiger partial charge on any atom is 0.276 e. The summed E-state index contributed by atoms with van der Waals surface area (Å²) in [6, 6.07) is 9.40. The minimum atomic E-state index is -0.326. The number of hydrogen-bond acceptors (Lipinski definition) is 8. The van der Waals surface area contributed by atoms with Crippen LogP contribution in [-0.2, 0) is 0 Å². The second kappa shape index (κ2) is 7.51. The number of thiazole rings is 1. The van der Waals surface area contributed by atoms with Crippen LogP contribution in [0.5, 0.6) is 0 Å². The van der Waals surface area contributed by atoms with Gasteiger partial charge < -0.3 is 10.2 Å². The Morgan fingerprint density at radius 3 is 2.45 bits per heavy atom. The lowest BCUT2D eigenvalue weighted by molar-refractivity contribution is 0.102. The van der Waals surface area contributed by atoms with Gasteiger partial charge in [-0.3, -0.25) is 4.79 Å². The van der Waals surface area contributed by atoms with Crippen LogP contribution in [0.2, 0.25) is 0 Å². The van der Waals surface area contributed by atoms with E-state index in [2.05, 4.69) is 30.2 Å². The van der Waals surface area contributed by atoms with Gasteiger partial charge in [-0.05, 0) is 31.0 Å². The molecule has 0 unspecified atom stereocenters.